The highest BCUT2D eigenvalue weighted by atomic mass is 16.6. The second-order valence-corrected chi connectivity index (χ2v) is 9.95. The van der Waals surface area contributed by atoms with Crippen LogP contribution in [-0.2, 0) is 20.7 Å². The molecule has 1 rings (SSSR count). The Balaban J connectivity index is 3.34. The first-order valence-electron chi connectivity index (χ1n) is 11.4. The highest BCUT2D eigenvalue weighted by Crippen LogP contribution is 2.31. The number of alkyl carbamates (subject to hydrolysis) is 1. The zero-order valence-corrected chi connectivity index (χ0v) is 21.2. The molecule has 1 aromatic rings. The maximum atomic E-state index is 13.4. The number of amides is 3. The van der Waals surface area contributed by atoms with Crippen molar-refractivity contribution >= 4 is 17.9 Å². The van der Waals surface area contributed by atoms with Crippen molar-refractivity contribution in [1.29, 1.82) is 0 Å². The van der Waals surface area contributed by atoms with Gasteiger partial charge in [0.25, 0.3) is 0 Å². The van der Waals surface area contributed by atoms with Crippen molar-refractivity contribution in [2.75, 3.05) is 6.54 Å². The minimum absolute atomic E-state index is 0.0819. The Bertz CT molecular complexity index is 779. The molecule has 7 heteroatoms. The van der Waals surface area contributed by atoms with E-state index in [1.165, 1.54) is 0 Å². The molecule has 0 fully saturated rings. The van der Waals surface area contributed by atoms with E-state index in [-0.39, 0.29) is 24.4 Å². The van der Waals surface area contributed by atoms with Crippen molar-refractivity contribution in [3.63, 3.8) is 0 Å². The molecule has 0 radical (unpaired) electrons. The maximum Gasteiger partial charge on any atom is 0.408 e. The molecule has 2 N–H and O–H groups in total. The number of benzene rings is 1. The first-order chi connectivity index (χ1) is 14.7. The van der Waals surface area contributed by atoms with E-state index in [4.69, 9.17) is 4.74 Å². The lowest BCUT2D eigenvalue weighted by Gasteiger charge is -2.43. The third kappa shape index (κ3) is 8.17. The lowest BCUT2D eigenvalue weighted by molar-refractivity contribution is -0.147. The number of carbonyl (C=O) groups excluding carboxylic acids is 3. The number of hydrogen-bond donors (Lipinski definition) is 2. The van der Waals surface area contributed by atoms with Crippen LogP contribution in [0.4, 0.5) is 4.79 Å². The van der Waals surface area contributed by atoms with Gasteiger partial charge in [-0.3, -0.25) is 9.59 Å². The third-order valence-electron chi connectivity index (χ3n) is 5.21. The van der Waals surface area contributed by atoms with Crippen LogP contribution in [-0.4, -0.2) is 46.5 Å². The molecule has 0 heterocycles. The molecular formula is C25H41N3O4. The standard InChI is InChI=1S/C25H41N3O4/c1-10-18-12-14-19(15-13-18)21(22(30)27-17(3)4)28(25(8,9)11-2)20(29)16-26-23(31)32-24(5,6)7/h12-15,17,21H,10-11,16H2,1-9H3,(H,26,31)(H,27,30). The Morgan fingerprint density at radius 2 is 1.56 bits per heavy atom. The average molecular weight is 448 g/mol. The van der Waals surface area contributed by atoms with Crippen LogP contribution in [0.15, 0.2) is 24.3 Å². The molecule has 0 saturated carbocycles. The Morgan fingerprint density at radius 3 is 2.00 bits per heavy atom. The zero-order valence-electron chi connectivity index (χ0n) is 21.2. The highest BCUT2D eigenvalue weighted by Gasteiger charge is 2.40. The number of carbonyl (C=O) groups is 3. The van der Waals surface area contributed by atoms with Crippen molar-refractivity contribution in [2.45, 2.75) is 98.4 Å². The molecule has 7 nitrogen and oxygen atoms in total. The Morgan fingerprint density at radius 1 is 1.00 bits per heavy atom. The van der Waals surface area contributed by atoms with E-state index in [0.717, 1.165) is 17.5 Å². The first kappa shape index (κ1) is 27.5. The zero-order chi connectivity index (χ0) is 24.7. The summed E-state index contributed by atoms with van der Waals surface area (Å²) in [7, 11) is 0. The van der Waals surface area contributed by atoms with E-state index in [2.05, 4.69) is 17.6 Å². The van der Waals surface area contributed by atoms with E-state index in [1.807, 2.05) is 58.9 Å². The Labute approximate surface area is 193 Å². The van der Waals surface area contributed by atoms with Gasteiger partial charge < -0.3 is 20.3 Å². The van der Waals surface area contributed by atoms with Crippen molar-refractivity contribution in [3.05, 3.63) is 35.4 Å². The molecule has 1 aromatic carbocycles. The molecule has 0 aliphatic rings. The summed E-state index contributed by atoms with van der Waals surface area (Å²) in [6.07, 6.45) is 0.839. The van der Waals surface area contributed by atoms with Gasteiger partial charge in [-0.2, -0.15) is 0 Å². The second-order valence-electron chi connectivity index (χ2n) is 9.95. The van der Waals surface area contributed by atoms with Crippen molar-refractivity contribution in [2.24, 2.45) is 0 Å². The van der Waals surface area contributed by atoms with E-state index in [9.17, 15) is 14.4 Å². The van der Waals surface area contributed by atoms with Crippen LogP contribution < -0.4 is 10.6 Å². The summed E-state index contributed by atoms with van der Waals surface area (Å²) in [5.74, 6) is -0.609. The van der Waals surface area contributed by atoms with Gasteiger partial charge >= 0.3 is 6.09 Å². The van der Waals surface area contributed by atoms with E-state index in [1.54, 1.807) is 25.7 Å². The van der Waals surface area contributed by atoms with Gasteiger partial charge in [0.05, 0.1) is 0 Å². The summed E-state index contributed by atoms with van der Waals surface area (Å²) in [4.78, 5) is 40.4. The van der Waals surface area contributed by atoms with Crippen LogP contribution in [0.2, 0.25) is 0 Å². The van der Waals surface area contributed by atoms with Gasteiger partial charge in [-0.05, 0) is 72.4 Å². The van der Waals surface area contributed by atoms with Crippen LogP contribution in [0, 0.1) is 0 Å². The number of nitrogens with zero attached hydrogens (tertiary/aromatic N) is 1. The molecule has 0 aliphatic heterocycles. The fourth-order valence-corrected chi connectivity index (χ4v) is 3.27. The topological polar surface area (TPSA) is 87.7 Å². The van der Waals surface area contributed by atoms with Crippen LogP contribution in [0.1, 0.15) is 85.9 Å². The van der Waals surface area contributed by atoms with Crippen molar-refractivity contribution < 1.29 is 19.1 Å². The quantitative estimate of drug-likeness (QED) is 0.589. The molecule has 180 valence electrons. The molecular weight excluding hydrogens is 406 g/mol. The fourth-order valence-electron chi connectivity index (χ4n) is 3.27. The van der Waals surface area contributed by atoms with E-state index < -0.39 is 23.3 Å². The number of aryl methyl sites for hydroxylation is 1. The van der Waals surface area contributed by atoms with Gasteiger partial charge in [0.1, 0.15) is 18.2 Å². The van der Waals surface area contributed by atoms with Crippen LogP contribution >= 0.6 is 0 Å². The largest absolute Gasteiger partial charge is 0.444 e. The minimum Gasteiger partial charge on any atom is -0.444 e. The van der Waals surface area contributed by atoms with Gasteiger partial charge in [-0.1, -0.05) is 38.1 Å². The molecule has 1 unspecified atom stereocenters. The van der Waals surface area contributed by atoms with Crippen LogP contribution in [0.5, 0.6) is 0 Å². The number of hydrogen-bond acceptors (Lipinski definition) is 4. The molecule has 0 bridgehead atoms. The Kier molecular flexibility index (Phi) is 9.73. The Hall–Kier alpha value is -2.57. The van der Waals surface area contributed by atoms with E-state index in [0.29, 0.717) is 6.42 Å². The summed E-state index contributed by atoms with van der Waals surface area (Å²) in [6.45, 7) is 16.7. The fraction of sp³-hybridized carbons (Fsp3) is 0.640. The SMILES string of the molecule is CCc1ccc(C(C(=O)NC(C)C)N(C(=O)CNC(=O)OC(C)(C)C)C(C)(C)CC)cc1. The molecule has 0 aromatic heterocycles. The van der Waals surface area contributed by atoms with Crippen LogP contribution in [0.3, 0.4) is 0 Å². The molecule has 0 saturated heterocycles. The minimum atomic E-state index is -0.828. The van der Waals surface area contributed by atoms with Crippen LogP contribution in [0.25, 0.3) is 0 Å². The molecule has 0 aliphatic carbocycles. The normalized spacial score (nSPS) is 12.8. The number of nitrogens with one attached hydrogen (secondary N) is 2. The lowest BCUT2D eigenvalue weighted by Crippen LogP contribution is -2.56. The average Bonchev–Trinajstić information content (AvgIpc) is 2.68. The summed E-state index contributed by atoms with van der Waals surface area (Å²) in [6, 6.07) is 6.84. The summed E-state index contributed by atoms with van der Waals surface area (Å²) in [5, 5.41) is 5.49. The predicted octanol–water partition coefficient (Wildman–Crippen LogP) is 4.36. The second kappa shape index (κ2) is 11.3. The highest BCUT2D eigenvalue weighted by molar-refractivity contribution is 5.91. The number of ether oxygens (including phenoxy) is 1. The number of rotatable bonds is 9. The van der Waals surface area contributed by atoms with Gasteiger partial charge in [0, 0.05) is 11.6 Å². The van der Waals surface area contributed by atoms with Gasteiger partial charge in [-0.25, -0.2) is 4.79 Å². The summed E-state index contributed by atoms with van der Waals surface area (Å²) < 4.78 is 5.25. The maximum absolute atomic E-state index is 13.4. The smallest absolute Gasteiger partial charge is 0.408 e. The van der Waals surface area contributed by atoms with Gasteiger partial charge in [0.2, 0.25) is 11.8 Å². The van der Waals surface area contributed by atoms with Gasteiger partial charge in [0.15, 0.2) is 0 Å². The molecule has 1 atom stereocenters. The lowest BCUT2D eigenvalue weighted by atomic mass is 9.92. The van der Waals surface area contributed by atoms with Gasteiger partial charge in [-0.15, -0.1) is 0 Å². The first-order valence-corrected chi connectivity index (χ1v) is 11.4. The monoisotopic (exact) mass is 447 g/mol. The van der Waals surface area contributed by atoms with Crippen molar-refractivity contribution in [1.82, 2.24) is 15.5 Å². The summed E-state index contributed by atoms with van der Waals surface area (Å²) in [5.41, 5.74) is 0.578. The molecule has 3 amide bonds. The summed E-state index contributed by atoms with van der Waals surface area (Å²) >= 11 is 0. The third-order valence-corrected chi connectivity index (χ3v) is 5.21. The molecule has 0 spiro atoms. The van der Waals surface area contributed by atoms with E-state index >= 15 is 0 Å². The molecule has 32 heavy (non-hydrogen) atoms. The predicted molar refractivity (Wildman–Crippen MR) is 127 cm³/mol. The van der Waals surface area contributed by atoms with Crippen molar-refractivity contribution in [3.8, 4) is 0 Å².